The van der Waals surface area contributed by atoms with Gasteiger partial charge < -0.3 is 14.8 Å². The van der Waals surface area contributed by atoms with Gasteiger partial charge in [-0.3, -0.25) is 15.0 Å². The Morgan fingerprint density at radius 3 is 2.16 bits per heavy atom. The molecule has 2 aromatic carbocycles. The van der Waals surface area contributed by atoms with Crippen LogP contribution in [0.4, 0.5) is 5.69 Å². The number of carbonyl (C=O) groups excluding carboxylic acids is 1. The molecule has 2 N–H and O–H groups in total. The molecular formula is C24H31N3O3S. The minimum Gasteiger partial charge on any atom is -0.494 e. The van der Waals surface area contributed by atoms with Crippen molar-refractivity contribution in [3.63, 3.8) is 0 Å². The minimum absolute atomic E-state index is 0.244. The molecule has 0 atom stereocenters. The Morgan fingerprint density at radius 2 is 1.58 bits per heavy atom. The van der Waals surface area contributed by atoms with Crippen LogP contribution >= 0.6 is 12.2 Å². The lowest BCUT2D eigenvalue weighted by Crippen LogP contribution is -2.34. The monoisotopic (exact) mass is 441 g/mol. The SMILES string of the molecule is CCOc1cc(OCC)cc(C(=O)NC(=S)Nc2ccc(CN3CCCCC3)cc2)c1. The van der Waals surface area contributed by atoms with Crippen molar-refractivity contribution in [1.29, 1.82) is 0 Å². The molecule has 0 spiro atoms. The van der Waals surface area contributed by atoms with Crippen LogP contribution in [0.1, 0.15) is 49.0 Å². The van der Waals surface area contributed by atoms with Crippen LogP contribution in [-0.2, 0) is 6.54 Å². The Hall–Kier alpha value is -2.64. The van der Waals surface area contributed by atoms with Crippen molar-refractivity contribution in [2.75, 3.05) is 31.6 Å². The Bertz CT molecular complexity index is 856. The van der Waals surface area contributed by atoms with E-state index in [0.717, 1.165) is 12.2 Å². The molecule has 1 amide bonds. The lowest BCUT2D eigenvalue weighted by molar-refractivity contribution is 0.0976. The van der Waals surface area contributed by atoms with Crippen molar-refractivity contribution < 1.29 is 14.3 Å². The second kappa shape index (κ2) is 11.7. The summed E-state index contributed by atoms with van der Waals surface area (Å²) in [5, 5.41) is 6.05. The van der Waals surface area contributed by atoms with Crippen LogP contribution in [0.25, 0.3) is 0 Å². The lowest BCUT2D eigenvalue weighted by atomic mass is 10.1. The molecular weight excluding hydrogens is 410 g/mol. The largest absolute Gasteiger partial charge is 0.494 e. The maximum absolute atomic E-state index is 12.7. The van der Waals surface area contributed by atoms with E-state index in [0.29, 0.717) is 30.3 Å². The molecule has 166 valence electrons. The van der Waals surface area contributed by atoms with Crippen molar-refractivity contribution in [3.8, 4) is 11.5 Å². The van der Waals surface area contributed by atoms with Crippen LogP contribution in [0.3, 0.4) is 0 Å². The van der Waals surface area contributed by atoms with Crippen LogP contribution in [0.15, 0.2) is 42.5 Å². The first-order valence-electron chi connectivity index (χ1n) is 10.9. The highest BCUT2D eigenvalue weighted by molar-refractivity contribution is 7.80. The van der Waals surface area contributed by atoms with Gasteiger partial charge in [-0.15, -0.1) is 0 Å². The van der Waals surface area contributed by atoms with E-state index < -0.39 is 0 Å². The van der Waals surface area contributed by atoms with Gasteiger partial charge in [-0.1, -0.05) is 18.6 Å². The molecule has 0 radical (unpaired) electrons. The molecule has 31 heavy (non-hydrogen) atoms. The molecule has 2 aromatic rings. The number of rotatable bonds is 8. The molecule has 0 aromatic heterocycles. The summed E-state index contributed by atoms with van der Waals surface area (Å²) in [5.41, 5.74) is 2.54. The van der Waals surface area contributed by atoms with Gasteiger partial charge in [-0.25, -0.2) is 0 Å². The lowest BCUT2D eigenvalue weighted by Gasteiger charge is -2.26. The predicted molar refractivity (Wildman–Crippen MR) is 128 cm³/mol. The zero-order chi connectivity index (χ0) is 22.1. The van der Waals surface area contributed by atoms with Gasteiger partial charge in [0, 0.05) is 23.9 Å². The summed E-state index contributed by atoms with van der Waals surface area (Å²) in [4.78, 5) is 15.2. The molecule has 0 saturated carbocycles. The van der Waals surface area contributed by atoms with E-state index in [1.54, 1.807) is 18.2 Å². The summed E-state index contributed by atoms with van der Waals surface area (Å²) in [6.45, 7) is 8.11. The highest BCUT2D eigenvalue weighted by Gasteiger charge is 2.13. The molecule has 7 heteroatoms. The number of nitrogens with zero attached hydrogens (tertiary/aromatic N) is 1. The summed E-state index contributed by atoms with van der Waals surface area (Å²) in [5.74, 6) is 0.852. The van der Waals surface area contributed by atoms with Gasteiger partial charge in [0.1, 0.15) is 11.5 Å². The van der Waals surface area contributed by atoms with Crippen LogP contribution in [0, 0.1) is 0 Å². The number of amides is 1. The van der Waals surface area contributed by atoms with Crippen molar-refractivity contribution in [1.82, 2.24) is 10.2 Å². The quantitative estimate of drug-likeness (QED) is 0.584. The molecule has 1 aliphatic rings. The molecule has 1 aliphatic heterocycles. The minimum atomic E-state index is -0.318. The van der Waals surface area contributed by atoms with E-state index in [1.165, 1.54) is 37.9 Å². The molecule has 6 nitrogen and oxygen atoms in total. The number of likely N-dealkylation sites (tertiary alicyclic amines) is 1. The van der Waals surface area contributed by atoms with E-state index in [9.17, 15) is 4.79 Å². The zero-order valence-electron chi connectivity index (χ0n) is 18.3. The van der Waals surface area contributed by atoms with Crippen molar-refractivity contribution in [3.05, 3.63) is 53.6 Å². The number of piperidine rings is 1. The maximum atomic E-state index is 12.7. The topological polar surface area (TPSA) is 62.8 Å². The van der Waals surface area contributed by atoms with Gasteiger partial charge in [0.25, 0.3) is 5.91 Å². The molecule has 1 saturated heterocycles. The number of hydrogen-bond acceptors (Lipinski definition) is 5. The Morgan fingerprint density at radius 1 is 0.968 bits per heavy atom. The highest BCUT2D eigenvalue weighted by Crippen LogP contribution is 2.23. The number of nitrogens with one attached hydrogen (secondary N) is 2. The Labute approximate surface area is 189 Å². The van der Waals surface area contributed by atoms with E-state index in [-0.39, 0.29) is 11.0 Å². The number of hydrogen-bond donors (Lipinski definition) is 2. The number of thiocarbonyl (C=S) groups is 1. The third-order valence-corrected chi connectivity index (χ3v) is 5.26. The summed E-state index contributed by atoms with van der Waals surface area (Å²) >= 11 is 5.33. The number of carbonyl (C=O) groups is 1. The molecule has 1 fully saturated rings. The van der Waals surface area contributed by atoms with Crippen molar-refractivity contribution >= 4 is 28.9 Å². The fraction of sp³-hybridized carbons (Fsp3) is 0.417. The van der Waals surface area contributed by atoms with Gasteiger partial charge in [-0.05, 0) is 81.8 Å². The number of benzene rings is 2. The third-order valence-electron chi connectivity index (χ3n) is 5.06. The van der Waals surface area contributed by atoms with Crippen molar-refractivity contribution in [2.45, 2.75) is 39.7 Å². The van der Waals surface area contributed by atoms with E-state index >= 15 is 0 Å². The molecule has 1 heterocycles. The summed E-state index contributed by atoms with van der Waals surface area (Å²) < 4.78 is 11.1. The standard InChI is InChI=1S/C24H31N3O3S/c1-3-29-21-14-19(15-22(16-21)30-4-2)23(28)26-24(31)25-20-10-8-18(9-11-20)17-27-12-6-5-7-13-27/h8-11,14-16H,3-7,12-13,17H2,1-2H3,(H2,25,26,28,31). The Balaban J connectivity index is 1.56. The average molecular weight is 442 g/mol. The highest BCUT2D eigenvalue weighted by atomic mass is 32.1. The van der Waals surface area contributed by atoms with Gasteiger partial charge in [-0.2, -0.15) is 0 Å². The fourth-order valence-electron chi connectivity index (χ4n) is 3.61. The van der Waals surface area contributed by atoms with Crippen LogP contribution in [-0.4, -0.2) is 42.2 Å². The molecule has 0 aliphatic carbocycles. The fourth-order valence-corrected chi connectivity index (χ4v) is 3.82. The zero-order valence-corrected chi connectivity index (χ0v) is 19.1. The van der Waals surface area contributed by atoms with Gasteiger partial charge >= 0.3 is 0 Å². The first-order valence-corrected chi connectivity index (χ1v) is 11.3. The summed E-state index contributed by atoms with van der Waals surface area (Å²) in [7, 11) is 0. The van der Waals surface area contributed by atoms with Crippen LogP contribution in [0.2, 0.25) is 0 Å². The normalized spacial score (nSPS) is 14.0. The summed E-state index contributed by atoms with van der Waals surface area (Å²) in [6.07, 6.45) is 3.91. The smallest absolute Gasteiger partial charge is 0.257 e. The van der Waals surface area contributed by atoms with Crippen LogP contribution in [0.5, 0.6) is 11.5 Å². The van der Waals surface area contributed by atoms with E-state index in [4.69, 9.17) is 21.7 Å². The number of ether oxygens (including phenoxy) is 2. The second-order valence-electron chi connectivity index (χ2n) is 7.50. The predicted octanol–water partition coefficient (Wildman–Crippen LogP) is 4.60. The van der Waals surface area contributed by atoms with E-state index in [2.05, 4.69) is 27.7 Å². The average Bonchev–Trinajstić information content (AvgIpc) is 2.76. The van der Waals surface area contributed by atoms with Gasteiger partial charge in [0.05, 0.1) is 13.2 Å². The van der Waals surface area contributed by atoms with Gasteiger partial charge in [0.2, 0.25) is 0 Å². The summed E-state index contributed by atoms with van der Waals surface area (Å²) in [6, 6.07) is 13.3. The van der Waals surface area contributed by atoms with Crippen molar-refractivity contribution in [2.24, 2.45) is 0 Å². The Kier molecular flexibility index (Phi) is 8.67. The van der Waals surface area contributed by atoms with Gasteiger partial charge in [0.15, 0.2) is 5.11 Å². The molecule has 3 rings (SSSR count). The molecule has 0 unspecified atom stereocenters. The number of anilines is 1. The first kappa shape index (κ1) is 23.0. The second-order valence-corrected chi connectivity index (χ2v) is 7.91. The van der Waals surface area contributed by atoms with E-state index in [1.807, 2.05) is 26.0 Å². The molecule has 0 bridgehead atoms. The maximum Gasteiger partial charge on any atom is 0.257 e. The first-order chi connectivity index (χ1) is 15.1. The van der Waals surface area contributed by atoms with Crippen LogP contribution < -0.4 is 20.1 Å². The third kappa shape index (κ3) is 7.22.